The van der Waals surface area contributed by atoms with E-state index in [1.165, 1.54) is 18.5 Å². The second kappa shape index (κ2) is 4.78. The molecular weight excluding hydrogens is 219 g/mol. The summed E-state index contributed by atoms with van der Waals surface area (Å²) in [5.41, 5.74) is 7.31. The molecule has 17 heavy (non-hydrogen) atoms. The van der Waals surface area contributed by atoms with Crippen molar-refractivity contribution in [1.82, 2.24) is 9.97 Å². The van der Waals surface area contributed by atoms with Crippen LogP contribution in [0.2, 0.25) is 0 Å². The highest BCUT2D eigenvalue weighted by Crippen LogP contribution is 2.16. The van der Waals surface area contributed by atoms with Crippen LogP contribution in [-0.4, -0.2) is 9.97 Å². The van der Waals surface area contributed by atoms with Crippen molar-refractivity contribution < 1.29 is 4.39 Å². The second-order valence-corrected chi connectivity index (χ2v) is 3.72. The molecule has 2 rings (SSSR count). The minimum Gasteiger partial charge on any atom is -0.383 e. The molecular formula is C12H13FN4. The molecule has 0 bridgehead atoms. The first kappa shape index (κ1) is 11.3. The largest absolute Gasteiger partial charge is 0.383 e. The number of benzene rings is 1. The van der Waals surface area contributed by atoms with Gasteiger partial charge in [0.1, 0.15) is 23.8 Å². The van der Waals surface area contributed by atoms with Crippen LogP contribution in [-0.2, 0) is 6.54 Å². The van der Waals surface area contributed by atoms with Crippen molar-refractivity contribution in [3.8, 4) is 0 Å². The lowest BCUT2D eigenvalue weighted by Gasteiger charge is -2.09. The number of nitrogens with two attached hydrogens (primary N) is 1. The van der Waals surface area contributed by atoms with E-state index in [-0.39, 0.29) is 5.82 Å². The van der Waals surface area contributed by atoms with Gasteiger partial charge in [0.05, 0.1) is 0 Å². The molecule has 0 atom stereocenters. The fraction of sp³-hybridized carbons (Fsp3) is 0.167. The Morgan fingerprint density at radius 1 is 1.35 bits per heavy atom. The molecule has 3 N–H and O–H groups in total. The maximum Gasteiger partial charge on any atom is 0.134 e. The summed E-state index contributed by atoms with van der Waals surface area (Å²) in [4.78, 5) is 7.96. The summed E-state index contributed by atoms with van der Waals surface area (Å²) in [5, 5.41) is 3.10. The molecule has 0 aliphatic heterocycles. The lowest BCUT2D eigenvalue weighted by molar-refractivity contribution is 0.626. The number of nitrogens with zero attached hydrogens (tertiary/aromatic N) is 2. The van der Waals surface area contributed by atoms with Gasteiger partial charge in [-0.2, -0.15) is 0 Å². The van der Waals surface area contributed by atoms with E-state index in [1.807, 2.05) is 13.0 Å². The van der Waals surface area contributed by atoms with Gasteiger partial charge in [-0.3, -0.25) is 0 Å². The number of anilines is 2. The van der Waals surface area contributed by atoms with E-state index >= 15 is 0 Å². The van der Waals surface area contributed by atoms with Gasteiger partial charge in [-0.25, -0.2) is 14.4 Å². The van der Waals surface area contributed by atoms with Crippen LogP contribution >= 0.6 is 0 Å². The third kappa shape index (κ3) is 2.69. The molecule has 4 nitrogen and oxygen atoms in total. The number of halogens is 1. The number of nitrogen functional groups attached to an aromatic ring is 1. The average molecular weight is 232 g/mol. The quantitative estimate of drug-likeness (QED) is 0.850. The highest BCUT2D eigenvalue weighted by molar-refractivity contribution is 5.53. The first-order valence-electron chi connectivity index (χ1n) is 5.22. The molecule has 0 fully saturated rings. The van der Waals surface area contributed by atoms with Crippen LogP contribution in [0.15, 0.2) is 30.6 Å². The minimum atomic E-state index is -0.247. The Kier molecular flexibility index (Phi) is 3.18. The van der Waals surface area contributed by atoms with Crippen LogP contribution in [0, 0.1) is 12.7 Å². The Labute approximate surface area is 98.7 Å². The summed E-state index contributed by atoms with van der Waals surface area (Å²) in [6.45, 7) is 2.33. The lowest BCUT2D eigenvalue weighted by Crippen LogP contribution is -2.06. The van der Waals surface area contributed by atoms with Crippen molar-refractivity contribution >= 4 is 11.6 Å². The predicted molar refractivity (Wildman–Crippen MR) is 64.9 cm³/mol. The monoisotopic (exact) mass is 232 g/mol. The first-order valence-corrected chi connectivity index (χ1v) is 5.22. The lowest BCUT2D eigenvalue weighted by atomic mass is 10.2. The molecule has 88 valence electrons. The van der Waals surface area contributed by atoms with Gasteiger partial charge in [-0.15, -0.1) is 0 Å². The zero-order valence-corrected chi connectivity index (χ0v) is 9.44. The fourth-order valence-corrected chi connectivity index (χ4v) is 1.47. The standard InChI is InChI=1S/C12H13FN4/c1-8-11(14)16-7-17-12(8)15-6-9-3-2-4-10(13)5-9/h2-5,7H,6H2,1H3,(H3,14,15,16,17). The van der Waals surface area contributed by atoms with Crippen molar-refractivity contribution in [3.05, 3.63) is 47.5 Å². The van der Waals surface area contributed by atoms with Crippen molar-refractivity contribution in [2.75, 3.05) is 11.1 Å². The van der Waals surface area contributed by atoms with Gasteiger partial charge in [-0.05, 0) is 24.6 Å². The Hall–Kier alpha value is -2.17. The molecule has 1 heterocycles. The predicted octanol–water partition coefficient (Wildman–Crippen LogP) is 2.12. The zero-order chi connectivity index (χ0) is 12.3. The SMILES string of the molecule is Cc1c(N)ncnc1NCc1cccc(F)c1. The maximum absolute atomic E-state index is 13.0. The van der Waals surface area contributed by atoms with Crippen LogP contribution in [0.4, 0.5) is 16.0 Å². The summed E-state index contributed by atoms with van der Waals surface area (Å²) in [6.07, 6.45) is 1.40. The highest BCUT2D eigenvalue weighted by atomic mass is 19.1. The molecule has 2 aromatic rings. The third-order valence-electron chi connectivity index (χ3n) is 2.47. The van der Waals surface area contributed by atoms with Crippen LogP contribution in [0.5, 0.6) is 0 Å². The van der Waals surface area contributed by atoms with Gasteiger partial charge < -0.3 is 11.1 Å². The normalized spacial score (nSPS) is 10.2. The number of nitrogens with one attached hydrogen (secondary N) is 1. The fourth-order valence-electron chi connectivity index (χ4n) is 1.47. The minimum absolute atomic E-state index is 0.247. The molecule has 0 spiro atoms. The molecule has 1 aromatic carbocycles. The van der Waals surface area contributed by atoms with Crippen molar-refractivity contribution in [1.29, 1.82) is 0 Å². The third-order valence-corrected chi connectivity index (χ3v) is 2.47. The molecule has 0 saturated carbocycles. The van der Waals surface area contributed by atoms with Crippen molar-refractivity contribution in [3.63, 3.8) is 0 Å². The van der Waals surface area contributed by atoms with Crippen LogP contribution < -0.4 is 11.1 Å². The molecule has 0 radical (unpaired) electrons. The summed E-state index contributed by atoms with van der Waals surface area (Å²) in [5.74, 6) is 0.867. The zero-order valence-electron chi connectivity index (χ0n) is 9.44. The molecule has 1 aromatic heterocycles. The van der Waals surface area contributed by atoms with Crippen LogP contribution in [0.25, 0.3) is 0 Å². The van der Waals surface area contributed by atoms with E-state index in [2.05, 4.69) is 15.3 Å². The highest BCUT2D eigenvalue weighted by Gasteiger charge is 2.03. The van der Waals surface area contributed by atoms with Crippen LogP contribution in [0.3, 0.4) is 0 Å². The van der Waals surface area contributed by atoms with Gasteiger partial charge in [0.2, 0.25) is 0 Å². The summed E-state index contributed by atoms with van der Waals surface area (Å²) in [7, 11) is 0. The summed E-state index contributed by atoms with van der Waals surface area (Å²) < 4.78 is 13.0. The number of hydrogen-bond donors (Lipinski definition) is 2. The second-order valence-electron chi connectivity index (χ2n) is 3.72. The number of rotatable bonds is 3. The van der Waals surface area contributed by atoms with Crippen LogP contribution in [0.1, 0.15) is 11.1 Å². The maximum atomic E-state index is 13.0. The van der Waals surface area contributed by atoms with E-state index in [0.717, 1.165) is 11.1 Å². The molecule has 5 heteroatoms. The summed E-state index contributed by atoms with van der Waals surface area (Å²) >= 11 is 0. The Morgan fingerprint density at radius 3 is 2.94 bits per heavy atom. The van der Waals surface area contributed by atoms with Gasteiger partial charge >= 0.3 is 0 Å². The smallest absolute Gasteiger partial charge is 0.134 e. The van der Waals surface area contributed by atoms with Gasteiger partial charge in [0.25, 0.3) is 0 Å². The Morgan fingerprint density at radius 2 is 2.18 bits per heavy atom. The van der Waals surface area contributed by atoms with Gasteiger partial charge in [0.15, 0.2) is 0 Å². The first-order chi connectivity index (χ1) is 8.16. The van der Waals surface area contributed by atoms with E-state index < -0.39 is 0 Å². The number of hydrogen-bond acceptors (Lipinski definition) is 4. The molecule has 0 saturated heterocycles. The van der Waals surface area contributed by atoms with Gasteiger partial charge in [0, 0.05) is 12.1 Å². The molecule has 0 aliphatic rings. The molecule has 0 amide bonds. The number of aromatic nitrogens is 2. The summed E-state index contributed by atoms with van der Waals surface area (Å²) in [6, 6.07) is 6.41. The molecule has 0 unspecified atom stereocenters. The Bertz CT molecular complexity index is 528. The Balaban J connectivity index is 2.10. The van der Waals surface area contributed by atoms with E-state index in [4.69, 9.17) is 5.73 Å². The average Bonchev–Trinajstić information content (AvgIpc) is 2.31. The van der Waals surface area contributed by atoms with Crippen molar-refractivity contribution in [2.24, 2.45) is 0 Å². The van der Waals surface area contributed by atoms with E-state index in [0.29, 0.717) is 18.2 Å². The molecule has 0 aliphatic carbocycles. The van der Waals surface area contributed by atoms with Crippen molar-refractivity contribution in [2.45, 2.75) is 13.5 Å². The van der Waals surface area contributed by atoms with Gasteiger partial charge in [-0.1, -0.05) is 12.1 Å². The van der Waals surface area contributed by atoms with E-state index in [9.17, 15) is 4.39 Å². The van der Waals surface area contributed by atoms with E-state index in [1.54, 1.807) is 6.07 Å². The topological polar surface area (TPSA) is 63.8 Å².